The molecular formula is C11H24N4O2. The van der Waals surface area contributed by atoms with Gasteiger partial charge >= 0.3 is 0 Å². The standard InChI is InChI=1S/C11H24N4O2/c1-12-11(17)9-14(2)7-10(16)8-15-5-3-13-4-6-15/h10,13,16H,3-9H2,1-2H3,(H,12,17). The predicted octanol–water partition coefficient (Wildman–Crippen LogP) is -2.07. The molecule has 1 fully saturated rings. The predicted molar refractivity (Wildman–Crippen MR) is 66.9 cm³/mol. The van der Waals surface area contributed by atoms with Crippen LogP contribution in [0, 0.1) is 0 Å². The minimum Gasteiger partial charge on any atom is -0.390 e. The number of nitrogens with zero attached hydrogens (tertiary/aromatic N) is 2. The summed E-state index contributed by atoms with van der Waals surface area (Å²) in [4.78, 5) is 15.2. The number of carbonyl (C=O) groups is 1. The zero-order valence-corrected chi connectivity index (χ0v) is 10.8. The molecule has 6 heteroatoms. The summed E-state index contributed by atoms with van der Waals surface area (Å²) in [6.07, 6.45) is -0.400. The first-order valence-electron chi connectivity index (χ1n) is 6.12. The molecule has 1 saturated heterocycles. The second-order valence-corrected chi connectivity index (χ2v) is 4.57. The van der Waals surface area contributed by atoms with E-state index in [0.29, 0.717) is 19.6 Å². The fourth-order valence-corrected chi connectivity index (χ4v) is 2.00. The summed E-state index contributed by atoms with van der Waals surface area (Å²) in [7, 11) is 3.46. The molecular weight excluding hydrogens is 220 g/mol. The van der Waals surface area contributed by atoms with Gasteiger partial charge in [-0.1, -0.05) is 0 Å². The van der Waals surface area contributed by atoms with Crippen LogP contribution in [-0.4, -0.2) is 86.8 Å². The molecule has 0 bridgehead atoms. The van der Waals surface area contributed by atoms with E-state index in [4.69, 9.17) is 0 Å². The quantitative estimate of drug-likeness (QED) is 0.501. The highest BCUT2D eigenvalue weighted by atomic mass is 16.3. The van der Waals surface area contributed by atoms with Gasteiger partial charge in [0.2, 0.25) is 5.91 Å². The normalized spacial score (nSPS) is 19.3. The number of aliphatic hydroxyl groups is 1. The lowest BCUT2D eigenvalue weighted by Crippen LogP contribution is -2.48. The van der Waals surface area contributed by atoms with E-state index in [1.165, 1.54) is 0 Å². The third-order valence-corrected chi connectivity index (χ3v) is 2.89. The Bertz CT molecular complexity index is 232. The SMILES string of the molecule is CNC(=O)CN(C)CC(O)CN1CCNCC1. The summed E-state index contributed by atoms with van der Waals surface area (Å²) in [6, 6.07) is 0. The number of aliphatic hydroxyl groups excluding tert-OH is 1. The number of hydrogen-bond donors (Lipinski definition) is 3. The van der Waals surface area contributed by atoms with Gasteiger partial charge in [-0.25, -0.2) is 0 Å². The smallest absolute Gasteiger partial charge is 0.233 e. The van der Waals surface area contributed by atoms with Gasteiger partial charge in [0.25, 0.3) is 0 Å². The molecule has 1 amide bonds. The summed E-state index contributed by atoms with van der Waals surface area (Å²) in [5.41, 5.74) is 0. The summed E-state index contributed by atoms with van der Waals surface area (Å²) >= 11 is 0. The maximum Gasteiger partial charge on any atom is 0.233 e. The molecule has 100 valence electrons. The molecule has 17 heavy (non-hydrogen) atoms. The first-order chi connectivity index (χ1) is 8.11. The van der Waals surface area contributed by atoms with Crippen molar-refractivity contribution in [3.8, 4) is 0 Å². The van der Waals surface area contributed by atoms with E-state index in [2.05, 4.69) is 15.5 Å². The monoisotopic (exact) mass is 244 g/mol. The Morgan fingerprint density at radius 1 is 1.53 bits per heavy atom. The van der Waals surface area contributed by atoms with Gasteiger partial charge in [0, 0.05) is 46.3 Å². The third kappa shape index (κ3) is 5.97. The van der Waals surface area contributed by atoms with Crippen LogP contribution in [0.15, 0.2) is 0 Å². The highest BCUT2D eigenvalue weighted by molar-refractivity contribution is 5.77. The van der Waals surface area contributed by atoms with Crippen LogP contribution in [0.2, 0.25) is 0 Å². The lowest BCUT2D eigenvalue weighted by molar-refractivity contribution is -0.121. The highest BCUT2D eigenvalue weighted by Gasteiger charge is 2.16. The van der Waals surface area contributed by atoms with E-state index in [0.717, 1.165) is 26.2 Å². The van der Waals surface area contributed by atoms with Gasteiger partial charge in [-0.3, -0.25) is 14.6 Å². The third-order valence-electron chi connectivity index (χ3n) is 2.89. The van der Waals surface area contributed by atoms with Gasteiger partial charge in [-0.05, 0) is 7.05 Å². The number of hydrogen-bond acceptors (Lipinski definition) is 5. The number of rotatable bonds is 6. The van der Waals surface area contributed by atoms with Gasteiger partial charge in [0.05, 0.1) is 12.6 Å². The largest absolute Gasteiger partial charge is 0.390 e. The molecule has 0 aliphatic carbocycles. The Morgan fingerprint density at radius 2 is 2.18 bits per heavy atom. The molecule has 1 aliphatic heterocycles. The molecule has 6 nitrogen and oxygen atoms in total. The minimum atomic E-state index is -0.400. The molecule has 1 atom stereocenters. The van der Waals surface area contributed by atoms with Gasteiger partial charge in [-0.15, -0.1) is 0 Å². The van der Waals surface area contributed by atoms with E-state index < -0.39 is 6.10 Å². The second kappa shape index (κ2) is 7.60. The number of piperazine rings is 1. The number of likely N-dealkylation sites (N-methyl/N-ethyl adjacent to an activating group) is 2. The van der Waals surface area contributed by atoms with Crippen molar-refractivity contribution >= 4 is 5.91 Å². The van der Waals surface area contributed by atoms with Crippen molar-refractivity contribution in [3.63, 3.8) is 0 Å². The zero-order chi connectivity index (χ0) is 12.7. The molecule has 3 N–H and O–H groups in total. The van der Waals surface area contributed by atoms with E-state index in [9.17, 15) is 9.90 Å². The van der Waals surface area contributed by atoms with Crippen LogP contribution in [0.5, 0.6) is 0 Å². The minimum absolute atomic E-state index is 0.0260. The molecule has 0 spiro atoms. The number of β-amino-alcohol motifs (C(OH)–C–C–N with tert-alkyl or cyclic N) is 1. The molecule has 1 aliphatic rings. The van der Waals surface area contributed by atoms with Crippen molar-refractivity contribution in [2.24, 2.45) is 0 Å². The molecule has 0 saturated carbocycles. The molecule has 0 aromatic carbocycles. The van der Waals surface area contributed by atoms with Crippen molar-refractivity contribution in [3.05, 3.63) is 0 Å². The van der Waals surface area contributed by atoms with Crippen LogP contribution in [0.4, 0.5) is 0 Å². The van der Waals surface area contributed by atoms with Crippen molar-refractivity contribution in [1.82, 2.24) is 20.4 Å². The fraction of sp³-hybridized carbons (Fsp3) is 0.909. The Hall–Kier alpha value is -0.690. The zero-order valence-electron chi connectivity index (χ0n) is 10.8. The Kier molecular flexibility index (Phi) is 6.43. The van der Waals surface area contributed by atoms with Crippen LogP contribution < -0.4 is 10.6 Å². The van der Waals surface area contributed by atoms with Gasteiger partial charge in [0.1, 0.15) is 0 Å². The van der Waals surface area contributed by atoms with E-state index >= 15 is 0 Å². The lowest BCUT2D eigenvalue weighted by Gasteiger charge is -2.30. The number of carbonyl (C=O) groups excluding carboxylic acids is 1. The molecule has 1 unspecified atom stereocenters. The Morgan fingerprint density at radius 3 is 2.76 bits per heavy atom. The van der Waals surface area contributed by atoms with E-state index in [1.54, 1.807) is 7.05 Å². The maximum absolute atomic E-state index is 11.1. The fourth-order valence-electron chi connectivity index (χ4n) is 2.00. The van der Waals surface area contributed by atoms with E-state index in [-0.39, 0.29) is 5.91 Å². The second-order valence-electron chi connectivity index (χ2n) is 4.57. The average Bonchev–Trinajstić information content (AvgIpc) is 2.29. The lowest BCUT2D eigenvalue weighted by atomic mass is 10.2. The Balaban J connectivity index is 2.18. The average molecular weight is 244 g/mol. The van der Waals surface area contributed by atoms with Crippen molar-refractivity contribution in [2.75, 3.05) is 59.9 Å². The number of amides is 1. The van der Waals surface area contributed by atoms with Crippen LogP contribution in [0.3, 0.4) is 0 Å². The number of nitrogens with one attached hydrogen (secondary N) is 2. The molecule has 1 rings (SSSR count). The van der Waals surface area contributed by atoms with Crippen LogP contribution in [0.25, 0.3) is 0 Å². The molecule has 0 aromatic rings. The topological polar surface area (TPSA) is 67.8 Å². The highest BCUT2D eigenvalue weighted by Crippen LogP contribution is 1.97. The first kappa shape index (κ1) is 14.4. The first-order valence-corrected chi connectivity index (χ1v) is 6.12. The van der Waals surface area contributed by atoms with Crippen molar-refractivity contribution < 1.29 is 9.90 Å². The molecule has 0 aromatic heterocycles. The van der Waals surface area contributed by atoms with Crippen LogP contribution >= 0.6 is 0 Å². The van der Waals surface area contributed by atoms with Crippen molar-refractivity contribution in [1.29, 1.82) is 0 Å². The molecule has 1 heterocycles. The summed E-state index contributed by atoms with van der Waals surface area (Å²) < 4.78 is 0. The summed E-state index contributed by atoms with van der Waals surface area (Å²) in [5, 5.41) is 15.8. The Labute approximate surface area is 103 Å². The van der Waals surface area contributed by atoms with Crippen molar-refractivity contribution in [2.45, 2.75) is 6.10 Å². The van der Waals surface area contributed by atoms with Crippen LogP contribution in [0.1, 0.15) is 0 Å². The maximum atomic E-state index is 11.1. The van der Waals surface area contributed by atoms with Gasteiger partial charge in [0.15, 0.2) is 0 Å². The van der Waals surface area contributed by atoms with E-state index in [1.807, 2.05) is 11.9 Å². The summed E-state index contributed by atoms with van der Waals surface area (Å²) in [6.45, 7) is 5.47. The van der Waals surface area contributed by atoms with Gasteiger partial charge in [-0.2, -0.15) is 0 Å². The molecule has 0 radical (unpaired) electrons. The van der Waals surface area contributed by atoms with Gasteiger partial charge < -0.3 is 15.7 Å². The summed E-state index contributed by atoms with van der Waals surface area (Å²) in [5.74, 6) is -0.0260. The van der Waals surface area contributed by atoms with Crippen LogP contribution in [-0.2, 0) is 4.79 Å².